The van der Waals surface area contributed by atoms with Gasteiger partial charge in [-0.15, -0.1) is 0 Å². The number of nitrogens with one attached hydrogen (secondary N) is 6. The molecule has 0 fully saturated rings. The third-order valence-corrected chi connectivity index (χ3v) is 12.6. The minimum atomic E-state index is -1.53. The van der Waals surface area contributed by atoms with E-state index in [2.05, 4.69) is 26.0 Å². The molecule has 23 nitrogen and oxygen atoms in total. The largest absolute Gasteiger partial charge is 0.604 e. The van der Waals surface area contributed by atoms with Crippen molar-refractivity contribution in [2.45, 2.75) is 77.7 Å². The third kappa shape index (κ3) is 14.9. The Bertz CT molecular complexity index is 2520. The number of rotatable bonds is 29. The Labute approximate surface area is 411 Å². The number of aryl methyl sites for hydroxylation is 1. The summed E-state index contributed by atoms with van der Waals surface area (Å²) in [6, 6.07) is 4.32. The number of hydrogen-bond acceptors (Lipinski definition) is 19. The highest BCUT2D eigenvalue weighted by Gasteiger charge is 2.31. The summed E-state index contributed by atoms with van der Waals surface area (Å²) in [6.45, 7) is 3.38. The lowest BCUT2D eigenvalue weighted by Gasteiger charge is -2.21. The van der Waals surface area contributed by atoms with Crippen LogP contribution >= 0.6 is 11.0 Å². The fourth-order valence-electron chi connectivity index (χ4n) is 7.63. The number of hydrogen-bond donors (Lipinski definition) is 9. The van der Waals surface area contributed by atoms with Crippen LogP contribution in [0.2, 0.25) is 0 Å². The quantitative estimate of drug-likeness (QED) is 0.00342. The van der Waals surface area contributed by atoms with Crippen LogP contribution in [-0.4, -0.2) is 120 Å². The number of hydrazine groups is 1. The Morgan fingerprint density at radius 3 is 2.49 bits per heavy atom. The molecule has 70 heavy (non-hydrogen) atoms. The first-order valence-electron chi connectivity index (χ1n) is 22.3. The highest BCUT2D eigenvalue weighted by molar-refractivity contribution is 8.71. The minimum Gasteiger partial charge on any atom is -0.604 e. The van der Waals surface area contributed by atoms with E-state index >= 15 is 0 Å². The van der Waals surface area contributed by atoms with Gasteiger partial charge in [0, 0.05) is 89.2 Å². The van der Waals surface area contributed by atoms with Gasteiger partial charge in [0.1, 0.15) is 25.1 Å². The molecule has 2 unspecified atom stereocenters. The van der Waals surface area contributed by atoms with Gasteiger partial charge in [0.15, 0.2) is 17.8 Å². The molecule has 0 saturated carbocycles. The van der Waals surface area contributed by atoms with Crippen molar-refractivity contribution in [1.29, 1.82) is 5.41 Å². The van der Waals surface area contributed by atoms with Crippen molar-refractivity contribution < 1.29 is 52.6 Å². The van der Waals surface area contributed by atoms with Gasteiger partial charge >= 0.3 is 0 Å². The Morgan fingerprint density at radius 2 is 1.79 bits per heavy atom. The first kappa shape index (κ1) is 54.7. The number of benzene rings is 1. The predicted octanol–water partition coefficient (Wildman–Crippen LogP) is 0.530. The number of aliphatic hydroxyl groups is 1. The van der Waals surface area contributed by atoms with Crippen molar-refractivity contribution in [1.82, 2.24) is 40.5 Å². The lowest BCUT2D eigenvalue weighted by Crippen LogP contribution is -2.51. The van der Waals surface area contributed by atoms with Crippen LogP contribution < -0.4 is 52.6 Å². The number of carbonyl (C=O) groups is 5. The van der Waals surface area contributed by atoms with Gasteiger partial charge in [0.25, 0.3) is 5.56 Å². The second-order valence-electron chi connectivity index (χ2n) is 16.5. The van der Waals surface area contributed by atoms with Crippen molar-refractivity contribution in [3.63, 3.8) is 0 Å². The molecule has 25 heteroatoms. The number of pyridine rings is 2. The van der Waals surface area contributed by atoms with E-state index in [0.717, 1.165) is 33.7 Å². The molecule has 2 aliphatic rings. The number of aliphatic hydroxyl groups excluding tert-OH is 1. The summed E-state index contributed by atoms with van der Waals surface area (Å²) in [5.41, 5.74) is 9.79. The molecule has 4 heterocycles. The zero-order chi connectivity index (χ0) is 50.9. The molecular weight excluding hydrogens is 951 g/mol. The number of fused-ring (bicyclic) bond motifs is 5. The van der Waals surface area contributed by atoms with Crippen LogP contribution in [0, 0.1) is 11.3 Å². The van der Waals surface area contributed by atoms with Gasteiger partial charge in [-0.3, -0.25) is 28.7 Å². The van der Waals surface area contributed by atoms with Crippen LogP contribution in [0.25, 0.3) is 22.3 Å². The van der Waals surface area contributed by atoms with E-state index in [1.165, 1.54) is 30.8 Å². The Hall–Kier alpha value is -6.22. The van der Waals surface area contributed by atoms with Crippen LogP contribution in [0.1, 0.15) is 74.3 Å². The molecule has 3 aromatic rings. The predicted molar refractivity (Wildman–Crippen MR) is 262 cm³/mol. The summed E-state index contributed by atoms with van der Waals surface area (Å²) >= 11 is 0. The fraction of sp³-hybridized carbons (Fsp3) is 0.467. The smallest absolute Gasteiger partial charge is 0.257 e. The van der Waals surface area contributed by atoms with Gasteiger partial charge < -0.3 is 75.4 Å². The van der Waals surface area contributed by atoms with E-state index in [1.54, 1.807) is 30.5 Å². The van der Waals surface area contributed by atoms with Crippen LogP contribution in [0.15, 0.2) is 46.7 Å². The average Bonchev–Trinajstić information content (AvgIpc) is 3.95. The van der Waals surface area contributed by atoms with Crippen molar-refractivity contribution in [2.24, 2.45) is 17.5 Å². The van der Waals surface area contributed by atoms with Gasteiger partial charge in [0.05, 0.1) is 48.8 Å². The van der Waals surface area contributed by atoms with Crippen LogP contribution in [0.4, 0.5) is 0 Å². The Balaban J connectivity index is 1.02. The van der Waals surface area contributed by atoms with Crippen molar-refractivity contribution >= 4 is 68.2 Å². The zero-order valence-corrected chi connectivity index (χ0v) is 41.1. The van der Waals surface area contributed by atoms with Gasteiger partial charge in [-0.05, 0) is 49.3 Å². The van der Waals surface area contributed by atoms with E-state index in [-0.39, 0.29) is 74.9 Å². The highest BCUT2D eigenvalue weighted by Crippen LogP contribution is 2.42. The molecular formula is C45H61N11O12S2. The first-order chi connectivity index (χ1) is 33.6. The van der Waals surface area contributed by atoms with Crippen LogP contribution in [0.5, 0.6) is 11.5 Å². The summed E-state index contributed by atoms with van der Waals surface area (Å²) < 4.78 is 37.7. The molecule has 11 N–H and O–H groups in total. The van der Waals surface area contributed by atoms with Crippen molar-refractivity contribution in [2.75, 3.05) is 53.1 Å². The lowest BCUT2D eigenvalue weighted by molar-refractivity contribution is -0.131. The van der Waals surface area contributed by atoms with E-state index < -0.39 is 52.2 Å². The number of allylic oxidation sites excluding steroid dienone is 1. The minimum absolute atomic E-state index is 0.0600. The SMILES string of the molecule is COCc1c([C@H](O)C=O)cc2n(c1=O)Cc1c-2nc2cc3c(cc2c1CCCOCNC(=O)CNC(=O)CNC(=O)C(NC(=O)CCCCCN(N)/C=C(N)/C(C=N)=C/NS[S+](C)[O-])C(C)C)OCO3. The van der Waals surface area contributed by atoms with Gasteiger partial charge in [-0.25, -0.2) is 10.8 Å². The molecule has 5 rings (SSSR count). The maximum atomic E-state index is 13.7. The van der Waals surface area contributed by atoms with Gasteiger partial charge in [0.2, 0.25) is 41.4 Å². The maximum absolute atomic E-state index is 13.7. The number of nitrogens with zero attached hydrogens (tertiary/aromatic N) is 3. The second kappa shape index (κ2) is 26.7. The van der Waals surface area contributed by atoms with Gasteiger partial charge in [-0.1, -0.05) is 20.3 Å². The number of aromatic nitrogens is 2. The summed E-state index contributed by atoms with van der Waals surface area (Å²) in [5.74, 6) is 4.78. The molecule has 380 valence electrons. The molecule has 0 radical (unpaired) electrons. The molecule has 0 spiro atoms. The number of amides is 4. The summed E-state index contributed by atoms with van der Waals surface area (Å²) in [4.78, 5) is 81.0. The summed E-state index contributed by atoms with van der Waals surface area (Å²) in [6.07, 6.45) is 7.26. The van der Waals surface area contributed by atoms with Crippen molar-refractivity contribution in [3.8, 4) is 22.9 Å². The number of ether oxygens (including phenoxy) is 4. The molecule has 2 aromatic heterocycles. The summed E-state index contributed by atoms with van der Waals surface area (Å²) in [7, 11) is 1.24. The maximum Gasteiger partial charge on any atom is 0.257 e. The first-order valence-corrected chi connectivity index (χ1v) is 25.2. The zero-order valence-electron chi connectivity index (χ0n) is 39.4. The summed E-state index contributed by atoms with van der Waals surface area (Å²) in [5, 5.41) is 30.5. The van der Waals surface area contributed by atoms with Crippen LogP contribution in [0.3, 0.4) is 0 Å². The number of unbranched alkanes of at least 4 members (excludes halogenated alkanes) is 2. The van der Waals surface area contributed by atoms with Crippen molar-refractivity contribution in [3.05, 3.63) is 74.5 Å². The van der Waals surface area contributed by atoms with E-state index in [9.17, 15) is 38.4 Å². The molecule has 4 amide bonds. The molecule has 3 atom stereocenters. The number of carbonyl (C=O) groups excluding carboxylic acids is 5. The average molecular weight is 1010 g/mol. The molecule has 2 aliphatic heterocycles. The topological polar surface area (TPSA) is 340 Å². The second-order valence-corrected chi connectivity index (χ2v) is 19.6. The van der Waals surface area contributed by atoms with E-state index in [4.69, 9.17) is 40.9 Å². The molecule has 0 bridgehead atoms. The molecule has 0 aliphatic carbocycles. The number of methoxy groups -OCH3 is 1. The van der Waals surface area contributed by atoms with E-state index in [0.29, 0.717) is 78.9 Å². The molecule has 1 aromatic carbocycles. The van der Waals surface area contributed by atoms with Crippen LogP contribution in [-0.2, 0) is 63.2 Å². The van der Waals surface area contributed by atoms with Gasteiger partial charge in [-0.2, -0.15) is 0 Å². The Kier molecular flexibility index (Phi) is 20.9. The monoisotopic (exact) mass is 1010 g/mol. The normalized spacial score (nSPS) is 14.1. The Morgan fingerprint density at radius 1 is 1.06 bits per heavy atom. The third-order valence-electron chi connectivity index (χ3n) is 11.1. The number of aldehydes is 1. The fourth-order valence-corrected chi connectivity index (χ4v) is 8.49. The molecule has 0 saturated heterocycles. The van der Waals surface area contributed by atoms with E-state index in [1.807, 2.05) is 6.07 Å². The highest BCUT2D eigenvalue weighted by atomic mass is 33.1. The standard InChI is InChI=1S/C45H61N11O12S2/c1-26(2)42(54-39(59)10-6-5-7-11-55(48)21-33(47)27(16-46)17-52-69-70(4)64)44(62)50-19-40(60)49-18-41(61)51-24-66-12-8-9-28-29-14-37-38(68-25-67-37)15-34(29)53-43-31(28)20-56-35(43)13-30(36(58)22-57)32(23-65-3)45(56)63/h13-17,21-22,26,36,42,46,52,58H,5-12,18-20,23-25,47-48H2,1-4H3,(H,49,60)(H,50,62)(H,51,61)(H,54,59)/b27-17+,33-21-,46-16?/t36-,42?,70?/m1/s1. The lowest BCUT2D eigenvalue weighted by atomic mass is 9.96. The number of nitrogens with two attached hydrogens (primary N) is 2.